The molecule has 6 heteroatoms. The summed E-state index contributed by atoms with van der Waals surface area (Å²) in [6, 6.07) is 11.7. The van der Waals surface area contributed by atoms with E-state index in [1.807, 2.05) is 12.1 Å². The maximum atomic E-state index is 10.7. The zero-order valence-corrected chi connectivity index (χ0v) is 11.3. The highest BCUT2D eigenvalue weighted by molar-refractivity contribution is 6.30. The minimum Gasteiger partial charge on any atom is -0.489 e. The highest BCUT2D eigenvalue weighted by Crippen LogP contribution is 2.24. The van der Waals surface area contributed by atoms with E-state index in [4.69, 9.17) is 22.1 Å². The van der Waals surface area contributed by atoms with E-state index in [9.17, 15) is 10.1 Å². The van der Waals surface area contributed by atoms with E-state index in [-0.39, 0.29) is 12.2 Å². The molecule has 0 fully saturated rings. The summed E-state index contributed by atoms with van der Waals surface area (Å²) in [5, 5.41) is 11.4. The smallest absolute Gasteiger partial charge is 0.270 e. The van der Waals surface area contributed by atoms with Crippen LogP contribution in [0.1, 0.15) is 11.1 Å². The summed E-state index contributed by atoms with van der Waals surface area (Å²) in [7, 11) is 0. The molecule has 0 spiro atoms. The molecular formula is C14H13ClN2O3. The fraction of sp³-hybridized carbons (Fsp3) is 0.143. The van der Waals surface area contributed by atoms with Crippen LogP contribution in [0.25, 0.3) is 0 Å². The van der Waals surface area contributed by atoms with Crippen LogP contribution < -0.4 is 10.5 Å². The third-order valence-corrected chi connectivity index (χ3v) is 3.03. The van der Waals surface area contributed by atoms with E-state index in [1.165, 1.54) is 12.1 Å². The molecule has 2 rings (SSSR count). The lowest BCUT2D eigenvalue weighted by Crippen LogP contribution is -2.03. The van der Waals surface area contributed by atoms with Gasteiger partial charge < -0.3 is 10.5 Å². The summed E-state index contributed by atoms with van der Waals surface area (Å²) in [5.74, 6) is 0.549. The quantitative estimate of drug-likeness (QED) is 0.677. The van der Waals surface area contributed by atoms with Crippen molar-refractivity contribution in [2.45, 2.75) is 13.2 Å². The molecule has 0 saturated heterocycles. The molecule has 2 aromatic rings. The topological polar surface area (TPSA) is 78.4 Å². The van der Waals surface area contributed by atoms with E-state index < -0.39 is 4.92 Å². The van der Waals surface area contributed by atoms with Gasteiger partial charge in [-0.1, -0.05) is 23.7 Å². The molecule has 0 radical (unpaired) electrons. The lowest BCUT2D eigenvalue weighted by molar-refractivity contribution is -0.384. The Morgan fingerprint density at radius 2 is 1.90 bits per heavy atom. The van der Waals surface area contributed by atoms with Crippen molar-refractivity contribution < 1.29 is 9.66 Å². The Morgan fingerprint density at radius 3 is 2.50 bits per heavy atom. The van der Waals surface area contributed by atoms with Crippen molar-refractivity contribution in [3.05, 3.63) is 68.7 Å². The molecule has 0 aliphatic rings. The van der Waals surface area contributed by atoms with Crippen LogP contribution in [0.3, 0.4) is 0 Å². The summed E-state index contributed by atoms with van der Waals surface area (Å²) < 4.78 is 5.64. The van der Waals surface area contributed by atoms with Crippen molar-refractivity contribution in [1.29, 1.82) is 0 Å². The van der Waals surface area contributed by atoms with Gasteiger partial charge >= 0.3 is 0 Å². The number of rotatable bonds is 5. The second kappa shape index (κ2) is 6.36. The van der Waals surface area contributed by atoms with Crippen LogP contribution in [-0.2, 0) is 13.2 Å². The monoisotopic (exact) mass is 292 g/mol. The molecule has 0 atom stereocenters. The number of nitro groups is 1. The summed E-state index contributed by atoms with van der Waals surface area (Å²) in [5.41, 5.74) is 7.15. The summed E-state index contributed by atoms with van der Waals surface area (Å²) in [6.45, 7) is 0.527. The average Bonchev–Trinajstić information content (AvgIpc) is 2.46. The number of nitrogens with two attached hydrogens (primary N) is 1. The molecule has 20 heavy (non-hydrogen) atoms. The van der Waals surface area contributed by atoms with Crippen molar-refractivity contribution in [1.82, 2.24) is 0 Å². The summed E-state index contributed by atoms with van der Waals surface area (Å²) in [6.07, 6.45) is 0. The van der Waals surface area contributed by atoms with Gasteiger partial charge in [0.25, 0.3) is 5.69 Å². The van der Waals surface area contributed by atoms with Gasteiger partial charge in [0.05, 0.1) is 4.92 Å². The van der Waals surface area contributed by atoms with Crippen LogP contribution in [-0.4, -0.2) is 4.92 Å². The third-order valence-electron chi connectivity index (χ3n) is 2.78. The highest BCUT2D eigenvalue weighted by atomic mass is 35.5. The van der Waals surface area contributed by atoms with E-state index in [0.717, 1.165) is 5.56 Å². The Labute approximate surface area is 121 Å². The third kappa shape index (κ3) is 3.46. The van der Waals surface area contributed by atoms with Crippen LogP contribution in [0.2, 0.25) is 5.02 Å². The van der Waals surface area contributed by atoms with Gasteiger partial charge in [0.2, 0.25) is 0 Å². The van der Waals surface area contributed by atoms with Gasteiger partial charge in [-0.25, -0.2) is 0 Å². The van der Waals surface area contributed by atoms with E-state index in [2.05, 4.69) is 0 Å². The van der Waals surface area contributed by atoms with E-state index >= 15 is 0 Å². The number of benzene rings is 2. The molecule has 0 unspecified atom stereocenters. The fourth-order valence-electron chi connectivity index (χ4n) is 1.72. The van der Waals surface area contributed by atoms with Crippen molar-refractivity contribution in [3.8, 4) is 5.75 Å². The standard InChI is InChI=1S/C14H13ClN2O3/c15-12-3-1-10(2-4-12)9-20-14-6-5-13(17(18)19)7-11(14)8-16/h1-7H,8-9,16H2. The Morgan fingerprint density at radius 1 is 1.20 bits per heavy atom. The molecule has 104 valence electrons. The fourth-order valence-corrected chi connectivity index (χ4v) is 1.85. The van der Waals surface area contributed by atoms with Crippen LogP contribution in [0.15, 0.2) is 42.5 Å². The minimum absolute atomic E-state index is 0.00397. The first-order chi connectivity index (χ1) is 9.60. The zero-order valence-electron chi connectivity index (χ0n) is 10.6. The van der Waals surface area contributed by atoms with Crippen molar-refractivity contribution >= 4 is 17.3 Å². The number of ether oxygens (including phenoxy) is 1. The number of nitro benzene ring substituents is 1. The van der Waals surface area contributed by atoms with E-state index in [1.54, 1.807) is 18.2 Å². The number of nitrogens with zero attached hydrogens (tertiary/aromatic N) is 1. The van der Waals surface area contributed by atoms with Crippen LogP contribution in [0.5, 0.6) is 5.75 Å². The molecule has 0 saturated carbocycles. The Kier molecular flexibility index (Phi) is 4.55. The number of halogens is 1. The Balaban J connectivity index is 2.12. The van der Waals surface area contributed by atoms with E-state index in [0.29, 0.717) is 22.9 Å². The first-order valence-corrected chi connectivity index (χ1v) is 6.32. The first kappa shape index (κ1) is 14.3. The predicted octanol–water partition coefficient (Wildman–Crippen LogP) is 3.29. The van der Waals surface area contributed by atoms with Crippen molar-refractivity contribution in [3.63, 3.8) is 0 Å². The number of non-ortho nitro benzene ring substituents is 1. The molecular weight excluding hydrogens is 280 g/mol. The maximum Gasteiger partial charge on any atom is 0.270 e. The van der Waals surface area contributed by atoms with Gasteiger partial charge in [0.15, 0.2) is 0 Å². The molecule has 0 amide bonds. The molecule has 2 aromatic carbocycles. The van der Waals surface area contributed by atoms with Crippen LogP contribution >= 0.6 is 11.6 Å². The molecule has 0 heterocycles. The van der Waals surface area contributed by atoms with Gasteiger partial charge in [-0.05, 0) is 23.8 Å². The average molecular weight is 293 g/mol. The zero-order chi connectivity index (χ0) is 14.5. The molecule has 0 aliphatic heterocycles. The van der Waals surface area contributed by atoms with Gasteiger partial charge in [-0.2, -0.15) is 0 Å². The molecule has 0 aromatic heterocycles. The summed E-state index contributed by atoms with van der Waals surface area (Å²) in [4.78, 5) is 10.2. The summed E-state index contributed by atoms with van der Waals surface area (Å²) >= 11 is 5.80. The molecule has 0 aliphatic carbocycles. The second-order valence-corrected chi connectivity index (χ2v) is 4.60. The maximum absolute atomic E-state index is 10.7. The lowest BCUT2D eigenvalue weighted by atomic mass is 10.1. The van der Waals surface area contributed by atoms with Crippen molar-refractivity contribution in [2.75, 3.05) is 0 Å². The van der Waals surface area contributed by atoms with Gasteiger partial charge in [-0.15, -0.1) is 0 Å². The molecule has 2 N–H and O–H groups in total. The number of hydrogen-bond donors (Lipinski definition) is 1. The van der Waals surface area contributed by atoms with Crippen LogP contribution in [0, 0.1) is 10.1 Å². The minimum atomic E-state index is -0.456. The Bertz CT molecular complexity index is 614. The Hall–Kier alpha value is -2.11. The van der Waals surface area contributed by atoms with Crippen LogP contribution in [0.4, 0.5) is 5.69 Å². The SMILES string of the molecule is NCc1cc([N+](=O)[O-])ccc1OCc1ccc(Cl)cc1. The van der Waals surface area contributed by atoms with Crippen molar-refractivity contribution in [2.24, 2.45) is 5.73 Å². The first-order valence-electron chi connectivity index (χ1n) is 5.95. The van der Waals surface area contributed by atoms with Gasteiger partial charge in [0, 0.05) is 29.3 Å². The molecule has 5 nitrogen and oxygen atoms in total. The lowest BCUT2D eigenvalue weighted by Gasteiger charge is -2.10. The largest absolute Gasteiger partial charge is 0.489 e. The number of hydrogen-bond acceptors (Lipinski definition) is 4. The highest BCUT2D eigenvalue weighted by Gasteiger charge is 2.10. The normalized spacial score (nSPS) is 10.3. The van der Waals surface area contributed by atoms with Gasteiger partial charge in [-0.3, -0.25) is 10.1 Å². The van der Waals surface area contributed by atoms with Gasteiger partial charge in [0.1, 0.15) is 12.4 Å². The second-order valence-electron chi connectivity index (χ2n) is 4.17. The predicted molar refractivity (Wildman–Crippen MR) is 76.8 cm³/mol. The molecule has 0 bridgehead atoms.